The van der Waals surface area contributed by atoms with Crippen LogP contribution in [-0.2, 0) is 11.0 Å². The first-order valence-electron chi connectivity index (χ1n) is 7.51. The minimum Gasteiger partial charge on any atom is -0.485 e. The number of hydrogen-bond donors (Lipinski definition) is 2. The molecular weight excluding hydrogens is 353 g/mol. The van der Waals surface area contributed by atoms with Crippen molar-refractivity contribution in [2.45, 2.75) is 12.3 Å². The predicted octanol–water partition coefficient (Wildman–Crippen LogP) is 2.31. The fourth-order valence-corrected chi connectivity index (χ4v) is 2.34. The molecule has 2 aromatic carbocycles. The second-order valence-corrected chi connectivity index (χ2v) is 5.35. The molecule has 2 amide bonds. The highest BCUT2D eigenvalue weighted by molar-refractivity contribution is 5.97. The van der Waals surface area contributed by atoms with Crippen molar-refractivity contribution in [1.82, 2.24) is 10.9 Å². The number of fused-ring (bicyclic) bond motifs is 1. The molecule has 1 aliphatic heterocycles. The van der Waals surface area contributed by atoms with Crippen molar-refractivity contribution < 1.29 is 32.2 Å². The largest absolute Gasteiger partial charge is 0.485 e. The number of ether oxygens (including phenoxy) is 2. The van der Waals surface area contributed by atoms with Crippen molar-refractivity contribution in [1.29, 1.82) is 0 Å². The average Bonchev–Trinajstić information content (AvgIpc) is 2.64. The summed E-state index contributed by atoms with van der Waals surface area (Å²) in [5.41, 5.74) is 2.30. The third-order valence-corrected chi connectivity index (χ3v) is 3.58. The van der Waals surface area contributed by atoms with E-state index in [-0.39, 0.29) is 6.61 Å². The highest BCUT2D eigenvalue weighted by atomic mass is 19.4. The van der Waals surface area contributed by atoms with Gasteiger partial charge in [-0.05, 0) is 24.3 Å². The molecule has 1 unspecified atom stereocenters. The molecular formula is C17H13F3N2O4. The third-order valence-electron chi connectivity index (χ3n) is 3.58. The van der Waals surface area contributed by atoms with Crippen molar-refractivity contribution in [2.75, 3.05) is 6.61 Å². The van der Waals surface area contributed by atoms with Gasteiger partial charge in [-0.2, -0.15) is 13.2 Å². The zero-order valence-corrected chi connectivity index (χ0v) is 13.2. The molecule has 26 heavy (non-hydrogen) atoms. The molecule has 1 atom stereocenters. The van der Waals surface area contributed by atoms with E-state index in [0.717, 1.165) is 12.1 Å². The minimum absolute atomic E-state index is 0.0993. The SMILES string of the molecule is O=C(NNC(=O)C1COc2ccccc2O1)c1ccccc1C(F)(F)F. The Balaban J connectivity index is 1.63. The third kappa shape index (κ3) is 3.71. The van der Waals surface area contributed by atoms with E-state index in [9.17, 15) is 22.8 Å². The van der Waals surface area contributed by atoms with Crippen LogP contribution in [0.4, 0.5) is 13.2 Å². The van der Waals surface area contributed by atoms with E-state index >= 15 is 0 Å². The smallest absolute Gasteiger partial charge is 0.417 e. The van der Waals surface area contributed by atoms with Crippen LogP contribution in [0.3, 0.4) is 0 Å². The van der Waals surface area contributed by atoms with Gasteiger partial charge in [-0.3, -0.25) is 20.4 Å². The van der Waals surface area contributed by atoms with E-state index in [2.05, 4.69) is 0 Å². The van der Waals surface area contributed by atoms with Crippen LogP contribution in [0.5, 0.6) is 11.5 Å². The Labute approximate surface area is 145 Å². The van der Waals surface area contributed by atoms with Gasteiger partial charge in [-0.1, -0.05) is 24.3 Å². The summed E-state index contributed by atoms with van der Waals surface area (Å²) in [4.78, 5) is 24.1. The average molecular weight is 366 g/mol. The molecule has 9 heteroatoms. The van der Waals surface area contributed by atoms with E-state index in [4.69, 9.17) is 9.47 Å². The molecule has 2 N–H and O–H groups in total. The Hall–Kier alpha value is -3.23. The van der Waals surface area contributed by atoms with E-state index in [1.54, 1.807) is 24.3 Å². The molecule has 0 aliphatic carbocycles. The van der Waals surface area contributed by atoms with Gasteiger partial charge in [0.2, 0.25) is 6.10 Å². The maximum Gasteiger partial charge on any atom is 0.417 e. The molecule has 0 aromatic heterocycles. The summed E-state index contributed by atoms with van der Waals surface area (Å²) in [6.45, 7) is -0.0993. The van der Waals surface area contributed by atoms with Gasteiger partial charge in [0, 0.05) is 0 Å². The van der Waals surface area contributed by atoms with Crippen molar-refractivity contribution in [3.63, 3.8) is 0 Å². The molecule has 0 saturated heterocycles. The fraction of sp³-hybridized carbons (Fsp3) is 0.176. The van der Waals surface area contributed by atoms with Gasteiger partial charge in [-0.25, -0.2) is 0 Å². The number of hydrogen-bond acceptors (Lipinski definition) is 4. The monoisotopic (exact) mass is 366 g/mol. The van der Waals surface area contributed by atoms with Crippen LogP contribution in [0.25, 0.3) is 0 Å². The first-order chi connectivity index (χ1) is 12.4. The summed E-state index contributed by atoms with van der Waals surface area (Å²) in [7, 11) is 0. The molecule has 0 saturated carbocycles. The van der Waals surface area contributed by atoms with Crippen LogP contribution in [0, 0.1) is 0 Å². The fourth-order valence-electron chi connectivity index (χ4n) is 2.34. The van der Waals surface area contributed by atoms with Crippen molar-refractivity contribution >= 4 is 11.8 Å². The zero-order chi connectivity index (χ0) is 18.7. The quantitative estimate of drug-likeness (QED) is 0.800. The summed E-state index contributed by atoms with van der Waals surface area (Å²) in [5.74, 6) is -1.02. The maximum absolute atomic E-state index is 12.9. The maximum atomic E-state index is 12.9. The number of nitrogens with one attached hydrogen (secondary N) is 2. The predicted molar refractivity (Wildman–Crippen MR) is 83.4 cm³/mol. The molecule has 0 bridgehead atoms. The standard InChI is InChI=1S/C17H13F3N2O4/c18-17(19,20)11-6-2-1-5-10(11)15(23)21-22-16(24)14-9-25-12-7-3-4-8-13(12)26-14/h1-8,14H,9H2,(H,21,23)(H,22,24). The van der Waals surface area contributed by atoms with Crippen LogP contribution in [0.2, 0.25) is 0 Å². The van der Waals surface area contributed by atoms with Gasteiger partial charge in [0.15, 0.2) is 11.5 Å². The molecule has 0 spiro atoms. The van der Waals surface area contributed by atoms with E-state index in [1.807, 2.05) is 10.9 Å². The number of rotatable bonds is 2. The van der Waals surface area contributed by atoms with Crippen molar-refractivity contribution in [2.24, 2.45) is 0 Å². The van der Waals surface area contributed by atoms with Crippen LogP contribution < -0.4 is 20.3 Å². The highest BCUT2D eigenvalue weighted by Crippen LogP contribution is 2.32. The number of benzene rings is 2. The number of para-hydroxylation sites is 2. The molecule has 3 rings (SSSR count). The molecule has 1 heterocycles. The second kappa shape index (κ2) is 6.95. The van der Waals surface area contributed by atoms with Gasteiger partial charge in [-0.15, -0.1) is 0 Å². The van der Waals surface area contributed by atoms with E-state index < -0.39 is 35.2 Å². The normalized spacial score (nSPS) is 15.9. The Morgan fingerprint density at radius 2 is 1.62 bits per heavy atom. The molecule has 6 nitrogen and oxygen atoms in total. The minimum atomic E-state index is -4.69. The van der Waals surface area contributed by atoms with Crippen LogP contribution >= 0.6 is 0 Å². The lowest BCUT2D eigenvalue weighted by Crippen LogP contribution is -2.51. The molecule has 0 fully saturated rings. The zero-order valence-electron chi connectivity index (χ0n) is 13.2. The lowest BCUT2D eigenvalue weighted by molar-refractivity contribution is -0.137. The number of alkyl halides is 3. The van der Waals surface area contributed by atoms with Crippen LogP contribution in [0.1, 0.15) is 15.9 Å². The molecule has 2 aromatic rings. The number of halogens is 3. The highest BCUT2D eigenvalue weighted by Gasteiger charge is 2.35. The van der Waals surface area contributed by atoms with Crippen molar-refractivity contribution in [3.8, 4) is 11.5 Å². The van der Waals surface area contributed by atoms with Gasteiger partial charge in [0.25, 0.3) is 11.8 Å². The second-order valence-electron chi connectivity index (χ2n) is 5.35. The van der Waals surface area contributed by atoms with E-state index in [1.165, 1.54) is 12.1 Å². The first kappa shape index (κ1) is 17.6. The Morgan fingerprint density at radius 3 is 2.35 bits per heavy atom. The van der Waals surface area contributed by atoms with Crippen molar-refractivity contribution in [3.05, 3.63) is 59.7 Å². The first-order valence-corrected chi connectivity index (χ1v) is 7.51. The van der Waals surface area contributed by atoms with E-state index in [0.29, 0.717) is 11.5 Å². The Kier molecular flexibility index (Phi) is 4.70. The number of carbonyl (C=O) groups excluding carboxylic acids is 2. The topological polar surface area (TPSA) is 76.7 Å². The summed E-state index contributed by atoms with van der Waals surface area (Å²) in [5, 5.41) is 0. The summed E-state index contributed by atoms with van der Waals surface area (Å²) < 4.78 is 49.6. The van der Waals surface area contributed by atoms with Gasteiger partial charge >= 0.3 is 6.18 Å². The number of amides is 2. The van der Waals surface area contributed by atoms with Gasteiger partial charge in [0.05, 0.1) is 11.1 Å². The van der Waals surface area contributed by atoms with Crippen LogP contribution in [-0.4, -0.2) is 24.5 Å². The number of carbonyl (C=O) groups is 2. The lowest BCUT2D eigenvalue weighted by atomic mass is 10.1. The summed E-state index contributed by atoms with van der Waals surface area (Å²) in [6.07, 6.45) is -5.75. The summed E-state index contributed by atoms with van der Waals surface area (Å²) >= 11 is 0. The molecule has 136 valence electrons. The lowest BCUT2D eigenvalue weighted by Gasteiger charge is -2.25. The van der Waals surface area contributed by atoms with Crippen LogP contribution in [0.15, 0.2) is 48.5 Å². The van der Waals surface area contributed by atoms with Gasteiger partial charge < -0.3 is 9.47 Å². The summed E-state index contributed by atoms with van der Waals surface area (Å²) in [6, 6.07) is 11.0. The number of hydrazine groups is 1. The molecule has 0 radical (unpaired) electrons. The Bertz CT molecular complexity index is 839. The molecule has 1 aliphatic rings. The Morgan fingerprint density at radius 1 is 0.962 bits per heavy atom. The van der Waals surface area contributed by atoms with Gasteiger partial charge in [0.1, 0.15) is 6.61 Å².